The Hall–Kier alpha value is -0.820. The number of ether oxygens (including phenoxy) is 1. The summed E-state index contributed by atoms with van der Waals surface area (Å²) in [4.78, 5) is 0. The Labute approximate surface area is 127 Å². The Bertz CT molecular complexity index is 299. The first-order valence-corrected chi connectivity index (χ1v) is 8.01. The maximum atomic E-state index is 5.70. The second kappa shape index (κ2) is 12.0. The van der Waals surface area contributed by atoms with Gasteiger partial charge in [0.25, 0.3) is 0 Å². The lowest BCUT2D eigenvalue weighted by atomic mass is 9.94. The molecule has 0 aliphatic heterocycles. The molecule has 0 heterocycles. The maximum absolute atomic E-state index is 5.70. The Morgan fingerprint density at radius 2 is 1.40 bits per heavy atom. The summed E-state index contributed by atoms with van der Waals surface area (Å²) < 4.78 is 5.70. The first kappa shape index (κ1) is 21.5. The Kier molecular flexibility index (Phi) is 12.8. The fourth-order valence-electron chi connectivity index (χ4n) is 1.46. The molecule has 0 fully saturated rings. The largest absolute Gasteiger partial charge is 0.373 e. The summed E-state index contributed by atoms with van der Waals surface area (Å²) in [6, 6.07) is 10.5. The fourth-order valence-corrected chi connectivity index (χ4v) is 1.46. The van der Waals surface area contributed by atoms with E-state index in [1.54, 1.807) is 0 Å². The first-order valence-electron chi connectivity index (χ1n) is 8.01. The van der Waals surface area contributed by atoms with Gasteiger partial charge in [0.2, 0.25) is 0 Å². The van der Waals surface area contributed by atoms with Crippen molar-refractivity contribution in [2.45, 2.75) is 80.4 Å². The molecule has 1 aromatic carbocycles. The molecule has 0 amide bonds. The van der Waals surface area contributed by atoms with Crippen LogP contribution in [0.1, 0.15) is 67.9 Å². The highest BCUT2D eigenvalue weighted by molar-refractivity contribution is 5.13. The number of benzene rings is 1. The molecule has 0 spiro atoms. The summed E-state index contributed by atoms with van der Waals surface area (Å²) in [5, 5.41) is 0. The van der Waals surface area contributed by atoms with Gasteiger partial charge in [0, 0.05) is 0 Å². The summed E-state index contributed by atoms with van der Waals surface area (Å²) in [5.74, 6) is 0.579. The summed E-state index contributed by atoms with van der Waals surface area (Å²) in [6.45, 7) is 18.9. The number of rotatable bonds is 4. The summed E-state index contributed by atoms with van der Waals surface area (Å²) >= 11 is 0. The van der Waals surface area contributed by atoms with Crippen LogP contribution in [0.15, 0.2) is 30.3 Å². The molecule has 0 bridgehead atoms. The van der Waals surface area contributed by atoms with E-state index in [0.29, 0.717) is 12.0 Å². The standard InChI is InChI=1S/C9H20O.C8H10.C2H6/c1-7(2)9(5,6)10-8(3)4;1-2-8-6-4-3-5-7-8;1-2/h7-8H,1-6H3;3-7H,2H2,1H3;1-2H3. The lowest BCUT2D eigenvalue weighted by Crippen LogP contribution is -2.33. The molecule has 118 valence electrons. The van der Waals surface area contributed by atoms with Gasteiger partial charge in [-0.3, -0.25) is 0 Å². The molecular weight excluding hydrogens is 244 g/mol. The van der Waals surface area contributed by atoms with Gasteiger partial charge in [-0.2, -0.15) is 0 Å². The van der Waals surface area contributed by atoms with Gasteiger partial charge < -0.3 is 4.74 Å². The molecule has 1 heteroatoms. The number of hydrogen-bond donors (Lipinski definition) is 0. The van der Waals surface area contributed by atoms with Crippen LogP contribution in [0.3, 0.4) is 0 Å². The monoisotopic (exact) mass is 280 g/mol. The predicted octanol–water partition coefficient (Wildman–Crippen LogP) is 6.12. The number of hydrogen-bond acceptors (Lipinski definition) is 1. The normalized spacial score (nSPS) is 10.6. The molecule has 0 N–H and O–H groups in total. The molecule has 0 atom stereocenters. The van der Waals surface area contributed by atoms with E-state index in [9.17, 15) is 0 Å². The van der Waals surface area contributed by atoms with Gasteiger partial charge in [0.05, 0.1) is 11.7 Å². The molecule has 0 aliphatic carbocycles. The van der Waals surface area contributed by atoms with Gasteiger partial charge in [-0.1, -0.05) is 65.0 Å². The van der Waals surface area contributed by atoms with Crippen LogP contribution in [0.5, 0.6) is 0 Å². The van der Waals surface area contributed by atoms with Gasteiger partial charge >= 0.3 is 0 Å². The third-order valence-electron chi connectivity index (χ3n) is 3.18. The molecule has 0 aliphatic rings. The summed E-state index contributed by atoms with van der Waals surface area (Å²) in [5.41, 5.74) is 1.43. The van der Waals surface area contributed by atoms with E-state index in [2.05, 4.69) is 72.7 Å². The van der Waals surface area contributed by atoms with Crippen molar-refractivity contribution in [3.05, 3.63) is 35.9 Å². The van der Waals surface area contributed by atoms with Crippen LogP contribution in [-0.2, 0) is 11.2 Å². The average molecular weight is 280 g/mol. The van der Waals surface area contributed by atoms with Crippen LogP contribution >= 0.6 is 0 Å². The first-order chi connectivity index (χ1) is 9.29. The van der Waals surface area contributed by atoms with Gasteiger partial charge in [-0.05, 0) is 45.6 Å². The highest BCUT2D eigenvalue weighted by atomic mass is 16.5. The SMILES string of the molecule is CC.CC(C)OC(C)(C)C(C)C.CCc1ccccc1. The van der Waals surface area contributed by atoms with Gasteiger partial charge in [0.1, 0.15) is 0 Å². The van der Waals surface area contributed by atoms with Gasteiger partial charge in [-0.15, -0.1) is 0 Å². The van der Waals surface area contributed by atoms with Crippen molar-refractivity contribution in [1.29, 1.82) is 0 Å². The van der Waals surface area contributed by atoms with Gasteiger partial charge in [-0.25, -0.2) is 0 Å². The second-order valence-corrected chi connectivity index (χ2v) is 5.76. The Balaban J connectivity index is 0. The third kappa shape index (κ3) is 11.0. The van der Waals surface area contributed by atoms with Crippen LogP contribution in [0.4, 0.5) is 0 Å². The van der Waals surface area contributed by atoms with Crippen molar-refractivity contribution in [1.82, 2.24) is 0 Å². The minimum absolute atomic E-state index is 0.0220. The van der Waals surface area contributed by atoms with E-state index in [1.165, 1.54) is 5.56 Å². The zero-order chi connectivity index (χ0) is 16.2. The van der Waals surface area contributed by atoms with Crippen LogP contribution < -0.4 is 0 Å². The quantitative estimate of drug-likeness (QED) is 0.645. The second-order valence-electron chi connectivity index (χ2n) is 5.76. The zero-order valence-electron chi connectivity index (χ0n) is 15.2. The lowest BCUT2D eigenvalue weighted by molar-refractivity contribution is -0.0835. The molecule has 1 aromatic rings. The predicted molar refractivity (Wildman–Crippen MR) is 92.3 cm³/mol. The fraction of sp³-hybridized carbons (Fsp3) is 0.684. The zero-order valence-corrected chi connectivity index (χ0v) is 15.2. The summed E-state index contributed by atoms with van der Waals surface area (Å²) in [7, 11) is 0. The minimum Gasteiger partial charge on any atom is -0.373 e. The van der Waals surface area contributed by atoms with Gasteiger partial charge in [0.15, 0.2) is 0 Å². The molecule has 0 saturated heterocycles. The van der Waals surface area contributed by atoms with Crippen molar-refractivity contribution in [2.24, 2.45) is 5.92 Å². The van der Waals surface area contributed by atoms with Crippen molar-refractivity contribution in [3.63, 3.8) is 0 Å². The smallest absolute Gasteiger partial charge is 0.0652 e. The topological polar surface area (TPSA) is 9.23 Å². The minimum atomic E-state index is 0.0220. The highest BCUT2D eigenvalue weighted by Gasteiger charge is 2.23. The van der Waals surface area contributed by atoms with Crippen LogP contribution in [0.25, 0.3) is 0 Å². The van der Waals surface area contributed by atoms with Crippen LogP contribution in [0, 0.1) is 5.92 Å². The average Bonchev–Trinajstić information content (AvgIpc) is 2.41. The van der Waals surface area contributed by atoms with Crippen molar-refractivity contribution < 1.29 is 4.74 Å². The van der Waals surface area contributed by atoms with Crippen molar-refractivity contribution >= 4 is 0 Å². The van der Waals surface area contributed by atoms with E-state index in [4.69, 9.17) is 4.74 Å². The van der Waals surface area contributed by atoms with E-state index in [1.807, 2.05) is 19.9 Å². The molecule has 0 radical (unpaired) electrons. The molecule has 0 aromatic heterocycles. The molecule has 0 saturated carbocycles. The Morgan fingerprint density at radius 3 is 1.60 bits per heavy atom. The van der Waals surface area contributed by atoms with E-state index in [-0.39, 0.29) is 5.60 Å². The molecule has 0 unspecified atom stereocenters. The molecular formula is C19H36O. The van der Waals surface area contributed by atoms with E-state index in [0.717, 1.165) is 6.42 Å². The molecule has 1 nitrogen and oxygen atoms in total. The highest BCUT2D eigenvalue weighted by Crippen LogP contribution is 2.21. The lowest BCUT2D eigenvalue weighted by Gasteiger charge is -2.31. The Morgan fingerprint density at radius 1 is 0.950 bits per heavy atom. The number of aryl methyl sites for hydroxylation is 1. The van der Waals surface area contributed by atoms with Crippen molar-refractivity contribution in [2.75, 3.05) is 0 Å². The molecule has 1 rings (SSSR count). The third-order valence-corrected chi connectivity index (χ3v) is 3.18. The van der Waals surface area contributed by atoms with Crippen LogP contribution in [-0.4, -0.2) is 11.7 Å². The maximum Gasteiger partial charge on any atom is 0.0652 e. The van der Waals surface area contributed by atoms with Crippen LogP contribution in [0.2, 0.25) is 0 Å². The summed E-state index contributed by atoms with van der Waals surface area (Å²) in [6.07, 6.45) is 1.47. The van der Waals surface area contributed by atoms with E-state index < -0.39 is 0 Å². The van der Waals surface area contributed by atoms with E-state index >= 15 is 0 Å². The molecule has 20 heavy (non-hydrogen) atoms. The van der Waals surface area contributed by atoms with Crippen molar-refractivity contribution in [3.8, 4) is 0 Å².